The lowest BCUT2D eigenvalue weighted by atomic mass is 9.90. The number of benzene rings is 2. The number of aromatic nitrogens is 2. The number of hydrogen-bond acceptors (Lipinski definition) is 7. The van der Waals surface area contributed by atoms with E-state index in [2.05, 4.69) is 30.8 Å². The minimum Gasteiger partial charge on any atom is -0.363 e. The summed E-state index contributed by atoms with van der Waals surface area (Å²) >= 11 is 0. The van der Waals surface area contributed by atoms with Gasteiger partial charge in [-0.05, 0) is 55.3 Å². The van der Waals surface area contributed by atoms with Crippen LogP contribution in [0.15, 0.2) is 66.0 Å². The van der Waals surface area contributed by atoms with E-state index in [4.69, 9.17) is 0 Å². The minimum atomic E-state index is -3.29. The van der Waals surface area contributed by atoms with E-state index in [0.717, 1.165) is 25.6 Å². The zero-order valence-corrected chi connectivity index (χ0v) is 19.3. The van der Waals surface area contributed by atoms with E-state index in [9.17, 15) is 18.1 Å². The molecule has 1 aliphatic heterocycles. The molecule has 2 aliphatic rings. The quantitative estimate of drug-likeness (QED) is 0.323. The van der Waals surface area contributed by atoms with E-state index in [0.29, 0.717) is 46.1 Å². The molecule has 10 heteroatoms. The molecule has 186 valence electrons. The molecule has 1 unspecified atom stereocenters. The minimum absolute atomic E-state index is 0.193. The summed E-state index contributed by atoms with van der Waals surface area (Å²) in [4.78, 5) is 23.8. The molecule has 0 saturated carbocycles. The van der Waals surface area contributed by atoms with Crippen molar-refractivity contribution in [1.29, 1.82) is 0 Å². The van der Waals surface area contributed by atoms with Gasteiger partial charge in [-0.2, -0.15) is 0 Å². The first kappa shape index (κ1) is 23.9. The van der Waals surface area contributed by atoms with Crippen LogP contribution in [0.4, 0.5) is 19.1 Å². The molecule has 3 aromatic rings. The molecule has 36 heavy (non-hydrogen) atoms. The van der Waals surface area contributed by atoms with Crippen molar-refractivity contribution < 1.29 is 18.0 Å². The summed E-state index contributed by atoms with van der Waals surface area (Å²) in [7, 11) is 0. The van der Waals surface area contributed by atoms with Crippen LogP contribution in [0.25, 0.3) is 27.6 Å². The molecular weight excluding hydrogens is 471 g/mol. The van der Waals surface area contributed by atoms with Crippen LogP contribution >= 0.6 is 0 Å². The van der Waals surface area contributed by atoms with Crippen LogP contribution in [0, 0.1) is 22.6 Å². The number of nitrogens with zero attached hydrogens (tertiary/aromatic N) is 3. The van der Waals surface area contributed by atoms with Crippen molar-refractivity contribution in [2.45, 2.75) is 12.3 Å². The Morgan fingerprint density at radius 3 is 2.81 bits per heavy atom. The predicted molar refractivity (Wildman–Crippen MR) is 132 cm³/mol. The number of anilines is 1. The fourth-order valence-electron chi connectivity index (χ4n) is 4.55. The van der Waals surface area contributed by atoms with Gasteiger partial charge in [-0.25, -0.2) is 23.1 Å². The van der Waals surface area contributed by atoms with Gasteiger partial charge in [-0.1, -0.05) is 36.4 Å². The lowest BCUT2D eigenvalue weighted by molar-refractivity contribution is -0.0295. The monoisotopic (exact) mass is 495 g/mol. The molecule has 7 nitrogen and oxygen atoms in total. The Morgan fingerprint density at radius 2 is 2.06 bits per heavy atom. The van der Waals surface area contributed by atoms with Crippen molar-refractivity contribution in [3.63, 3.8) is 0 Å². The van der Waals surface area contributed by atoms with Gasteiger partial charge in [0.05, 0.1) is 17.1 Å². The molecule has 0 spiro atoms. The van der Waals surface area contributed by atoms with Crippen molar-refractivity contribution >= 4 is 22.4 Å². The number of nitrogens with one attached hydrogen (secondary N) is 2. The SMILES string of the molecule is O=NOC[C@@H]1C=CC(c2nc(NCC3CCNC3)nc3ccc(-c4ccccc4F)cc23)=CC1(F)F. The second kappa shape index (κ2) is 10.1. The maximum atomic E-state index is 14.9. The number of rotatable bonds is 8. The fourth-order valence-corrected chi connectivity index (χ4v) is 4.55. The molecule has 2 atom stereocenters. The van der Waals surface area contributed by atoms with Crippen molar-refractivity contribution in [3.05, 3.63) is 77.1 Å². The van der Waals surface area contributed by atoms with E-state index >= 15 is 0 Å². The van der Waals surface area contributed by atoms with E-state index in [1.54, 1.807) is 36.4 Å². The third-order valence-electron chi connectivity index (χ3n) is 6.52. The molecule has 1 aromatic heterocycles. The van der Waals surface area contributed by atoms with Crippen LogP contribution in [0.1, 0.15) is 12.1 Å². The smallest absolute Gasteiger partial charge is 0.276 e. The van der Waals surface area contributed by atoms with Crippen molar-refractivity contribution in [3.8, 4) is 11.1 Å². The number of hydrogen-bond donors (Lipinski definition) is 2. The van der Waals surface area contributed by atoms with E-state index in [1.165, 1.54) is 18.2 Å². The molecule has 1 fully saturated rings. The third kappa shape index (κ3) is 4.94. The van der Waals surface area contributed by atoms with Crippen LogP contribution in [-0.4, -0.2) is 42.1 Å². The van der Waals surface area contributed by atoms with Crippen LogP contribution in [0.2, 0.25) is 0 Å². The fraction of sp³-hybridized carbons (Fsp3) is 0.308. The summed E-state index contributed by atoms with van der Waals surface area (Å²) in [6, 6.07) is 11.6. The molecule has 2 heterocycles. The third-order valence-corrected chi connectivity index (χ3v) is 6.52. The van der Waals surface area contributed by atoms with Gasteiger partial charge in [0.15, 0.2) is 5.34 Å². The average Bonchev–Trinajstić information content (AvgIpc) is 3.40. The summed E-state index contributed by atoms with van der Waals surface area (Å²) in [6.45, 7) is 1.94. The molecule has 2 aromatic carbocycles. The average molecular weight is 496 g/mol. The van der Waals surface area contributed by atoms with Gasteiger partial charge in [-0.3, -0.25) is 0 Å². The second-order valence-electron chi connectivity index (χ2n) is 8.96. The zero-order chi connectivity index (χ0) is 25.1. The molecule has 5 rings (SSSR count). The highest BCUT2D eigenvalue weighted by molar-refractivity contribution is 5.96. The molecule has 0 bridgehead atoms. The maximum absolute atomic E-state index is 14.9. The Hall–Kier alpha value is -3.79. The molecule has 0 amide bonds. The van der Waals surface area contributed by atoms with Crippen LogP contribution in [0.5, 0.6) is 0 Å². The highest BCUT2D eigenvalue weighted by atomic mass is 19.3. The van der Waals surface area contributed by atoms with Crippen LogP contribution in [0.3, 0.4) is 0 Å². The van der Waals surface area contributed by atoms with Gasteiger partial charge in [0.1, 0.15) is 12.4 Å². The number of alkyl halides is 2. The van der Waals surface area contributed by atoms with E-state index in [-0.39, 0.29) is 5.57 Å². The lowest BCUT2D eigenvalue weighted by Crippen LogP contribution is -2.30. The number of fused-ring (bicyclic) bond motifs is 1. The normalized spacial score (nSPS) is 20.8. The number of allylic oxidation sites excluding steroid dienone is 3. The first-order chi connectivity index (χ1) is 17.4. The summed E-state index contributed by atoms with van der Waals surface area (Å²) < 4.78 is 44.3. The van der Waals surface area contributed by atoms with Crippen molar-refractivity contribution in [1.82, 2.24) is 15.3 Å². The van der Waals surface area contributed by atoms with Crippen LogP contribution < -0.4 is 10.6 Å². The molecular formula is C26H24F3N5O2. The topological polar surface area (TPSA) is 88.5 Å². The molecule has 0 radical (unpaired) electrons. The lowest BCUT2D eigenvalue weighted by Gasteiger charge is -2.24. The Labute approximate surface area is 205 Å². The number of halogens is 3. The highest BCUT2D eigenvalue weighted by Crippen LogP contribution is 2.38. The van der Waals surface area contributed by atoms with Crippen molar-refractivity contribution in [2.75, 3.05) is 31.6 Å². The van der Waals surface area contributed by atoms with E-state index in [1.807, 2.05) is 0 Å². The van der Waals surface area contributed by atoms with Gasteiger partial charge in [0, 0.05) is 23.1 Å². The Morgan fingerprint density at radius 1 is 1.19 bits per heavy atom. The molecule has 2 N–H and O–H groups in total. The Kier molecular flexibility index (Phi) is 6.69. The highest BCUT2D eigenvalue weighted by Gasteiger charge is 2.39. The molecule has 1 aliphatic carbocycles. The van der Waals surface area contributed by atoms with E-state index < -0.39 is 24.3 Å². The Balaban J connectivity index is 1.58. The van der Waals surface area contributed by atoms with Gasteiger partial charge in [-0.15, -0.1) is 4.91 Å². The second-order valence-corrected chi connectivity index (χ2v) is 8.96. The van der Waals surface area contributed by atoms with Crippen molar-refractivity contribution in [2.24, 2.45) is 17.2 Å². The first-order valence-electron chi connectivity index (χ1n) is 11.7. The molecule has 1 saturated heterocycles. The van der Waals surface area contributed by atoms with Crippen LogP contribution in [-0.2, 0) is 4.84 Å². The first-order valence-corrected chi connectivity index (χ1v) is 11.7. The summed E-state index contributed by atoms with van der Waals surface area (Å²) in [6.07, 6.45) is 4.65. The largest absolute Gasteiger partial charge is 0.363 e. The summed E-state index contributed by atoms with van der Waals surface area (Å²) in [5.41, 5.74) is 2.01. The summed E-state index contributed by atoms with van der Waals surface area (Å²) in [5.74, 6) is -4.28. The maximum Gasteiger partial charge on any atom is 0.276 e. The Bertz CT molecular complexity index is 1340. The van der Waals surface area contributed by atoms with Gasteiger partial charge in [0.25, 0.3) is 5.92 Å². The zero-order valence-electron chi connectivity index (χ0n) is 19.3. The van der Waals surface area contributed by atoms with Gasteiger partial charge >= 0.3 is 0 Å². The van der Waals surface area contributed by atoms with Gasteiger partial charge in [0.2, 0.25) is 5.95 Å². The standard InChI is InChI=1S/C26H24F3N5O2/c27-22-4-2-1-3-20(22)17-6-8-23-21(11-17)24(33-25(32-23)31-14-16-9-10-30-13-16)18-5-7-19(15-36-34-35)26(28,29)12-18/h1-8,11-12,16,19,30H,9-10,13-15H2,(H,31,32,33)/t16?,19-/m0/s1. The van der Waals surface area contributed by atoms with Gasteiger partial charge < -0.3 is 15.5 Å². The summed E-state index contributed by atoms with van der Waals surface area (Å²) in [5, 5.41) is 9.28. The predicted octanol–water partition coefficient (Wildman–Crippen LogP) is 5.36.